The van der Waals surface area contributed by atoms with Gasteiger partial charge in [0.05, 0.1) is 28.4 Å². The van der Waals surface area contributed by atoms with E-state index in [-0.39, 0.29) is 0 Å². The molecule has 5 nitrogen and oxygen atoms in total. The monoisotopic (exact) mass is 379 g/mol. The Hall–Kier alpha value is -3.34. The molecule has 0 heterocycles. The zero-order chi connectivity index (χ0) is 19.9. The highest BCUT2D eigenvalue weighted by Gasteiger charge is 2.16. The van der Waals surface area contributed by atoms with Gasteiger partial charge in [0.15, 0.2) is 23.0 Å². The molecule has 0 aliphatic rings. The van der Waals surface area contributed by atoms with Crippen molar-refractivity contribution >= 4 is 0 Å². The molecule has 0 fully saturated rings. The number of rotatable bonds is 8. The molecule has 0 spiro atoms. The Morgan fingerprint density at radius 1 is 0.714 bits per heavy atom. The first-order chi connectivity index (χ1) is 13.7. The molecule has 0 saturated carbocycles. The van der Waals surface area contributed by atoms with Gasteiger partial charge in [0, 0.05) is 6.07 Å². The van der Waals surface area contributed by atoms with Gasteiger partial charge in [-0.05, 0) is 34.9 Å². The van der Waals surface area contributed by atoms with Gasteiger partial charge in [-0.2, -0.15) is 0 Å². The van der Waals surface area contributed by atoms with Gasteiger partial charge in [-0.1, -0.05) is 36.4 Å². The first kappa shape index (κ1) is 19.4. The predicted molar refractivity (Wildman–Crippen MR) is 108 cm³/mol. The maximum atomic E-state index is 6.01. The molecule has 0 bridgehead atoms. The maximum absolute atomic E-state index is 6.01. The van der Waals surface area contributed by atoms with Crippen molar-refractivity contribution < 1.29 is 23.7 Å². The molecule has 0 aromatic heterocycles. The van der Waals surface area contributed by atoms with Gasteiger partial charge < -0.3 is 23.7 Å². The van der Waals surface area contributed by atoms with Crippen LogP contribution in [0.4, 0.5) is 0 Å². The Kier molecular flexibility index (Phi) is 6.27. The van der Waals surface area contributed by atoms with Crippen LogP contribution in [0.5, 0.6) is 28.7 Å². The van der Waals surface area contributed by atoms with E-state index in [1.165, 1.54) is 0 Å². The summed E-state index contributed by atoms with van der Waals surface area (Å²) in [5, 5.41) is 0. The molecule has 0 saturated heterocycles. The summed E-state index contributed by atoms with van der Waals surface area (Å²) in [6, 6.07) is 20.8. The van der Waals surface area contributed by atoms with Crippen LogP contribution >= 0.6 is 0 Å². The van der Waals surface area contributed by atoms with Crippen molar-refractivity contribution in [1.82, 2.24) is 0 Å². The minimum Gasteiger partial charge on any atom is -0.493 e. The van der Waals surface area contributed by atoms with Crippen molar-refractivity contribution in [3.05, 3.63) is 66.2 Å². The molecule has 3 rings (SSSR count). The summed E-state index contributed by atoms with van der Waals surface area (Å²) in [6.45, 7) is 0.444. The third kappa shape index (κ3) is 4.14. The third-order valence-electron chi connectivity index (χ3n) is 4.29. The van der Waals surface area contributed by atoms with Crippen LogP contribution in [0.1, 0.15) is 5.56 Å². The fraction of sp³-hybridized carbons (Fsp3) is 0.217. The van der Waals surface area contributed by atoms with Crippen LogP contribution in [0.2, 0.25) is 0 Å². The third-order valence-corrected chi connectivity index (χ3v) is 4.29. The van der Waals surface area contributed by atoms with E-state index in [4.69, 9.17) is 23.7 Å². The summed E-state index contributed by atoms with van der Waals surface area (Å²) >= 11 is 0. The quantitative estimate of drug-likeness (QED) is 0.564. The van der Waals surface area contributed by atoms with Gasteiger partial charge >= 0.3 is 0 Å². The molecule has 0 unspecified atom stereocenters. The second kappa shape index (κ2) is 9.04. The molecule has 5 heteroatoms. The Balaban J connectivity index is 1.96. The summed E-state index contributed by atoms with van der Waals surface area (Å²) in [4.78, 5) is 0. The molecule has 145 valence electrons. The average molecular weight is 379 g/mol. The van der Waals surface area contributed by atoms with Crippen molar-refractivity contribution in [3.63, 3.8) is 0 Å². The summed E-state index contributed by atoms with van der Waals surface area (Å²) < 4.78 is 27.7. The SMILES string of the molecule is COc1[c]c(-c2ccc(OC)c(OCc3ccccc3)c2)cc(OC)c1OC. The van der Waals surface area contributed by atoms with Gasteiger partial charge in [0.1, 0.15) is 6.61 Å². The molecule has 1 radical (unpaired) electrons. The second-order valence-corrected chi connectivity index (χ2v) is 5.96. The van der Waals surface area contributed by atoms with E-state index in [0.29, 0.717) is 35.4 Å². The number of hydrogen-bond donors (Lipinski definition) is 0. The Morgan fingerprint density at radius 3 is 2.11 bits per heavy atom. The van der Waals surface area contributed by atoms with Gasteiger partial charge in [-0.15, -0.1) is 0 Å². The smallest absolute Gasteiger partial charge is 0.203 e. The molecule has 0 aliphatic heterocycles. The summed E-state index contributed by atoms with van der Waals surface area (Å²) in [5.41, 5.74) is 2.76. The summed E-state index contributed by atoms with van der Waals surface area (Å²) in [5.74, 6) is 2.84. The number of hydrogen-bond acceptors (Lipinski definition) is 5. The molecule has 0 aliphatic carbocycles. The number of methoxy groups -OCH3 is 4. The highest BCUT2D eigenvalue weighted by Crippen LogP contribution is 2.42. The summed E-state index contributed by atoms with van der Waals surface area (Å²) in [7, 11) is 6.34. The predicted octanol–water partition coefficient (Wildman–Crippen LogP) is 4.77. The minimum absolute atomic E-state index is 0.444. The van der Waals surface area contributed by atoms with Crippen LogP contribution in [-0.4, -0.2) is 28.4 Å². The highest BCUT2D eigenvalue weighted by atomic mass is 16.5. The lowest BCUT2D eigenvalue weighted by Crippen LogP contribution is -1.98. The van der Waals surface area contributed by atoms with Crippen molar-refractivity contribution in [3.8, 4) is 39.9 Å². The van der Waals surface area contributed by atoms with Gasteiger partial charge in [-0.3, -0.25) is 0 Å². The Labute approximate surface area is 165 Å². The lowest BCUT2D eigenvalue weighted by Gasteiger charge is -2.15. The fourth-order valence-corrected chi connectivity index (χ4v) is 2.86. The molecular formula is C23H23O5. The molecular weight excluding hydrogens is 356 g/mol. The first-order valence-electron chi connectivity index (χ1n) is 8.77. The van der Waals surface area contributed by atoms with Crippen LogP contribution < -0.4 is 23.7 Å². The van der Waals surface area contributed by atoms with Crippen molar-refractivity contribution in [2.75, 3.05) is 28.4 Å². The number of benzene rings is 3. The van der Waals surface area contributed by atoms with Gasteiger partial charge in [0.2, 0.25) is 5.75 Å². The topological polar surface area (TPSA) is 46.2 Å². The van der Waals surface area contributed by atoms with Gasteiger partial charge in [0.25, 0.3) is 0 Å². The highest BCUT2D eigenvalue weighted by molar-refractivity contribution is 5.72. The van der Waals surface area contributed by atoms with Crippen LogP contribution in [0.15, 0.2) is 54.6 Å². The van der Waals surface area contributed by atoms with E-state index in [0.717, 1.165) is 16.7 Å². The first-order valence-corrected chi connectivity index (χ1v) is 8.77. The van der Waals surface area contributed by atoms with Crippen LogP contribution in [0, 0.1) is 6.07 Å². The largest absolute Gasteiger partial charge is 0.493 e. The summed E-state index contributed by atoms with van der Waals surface area (Å²) in [6.07, 6.45) is 0. The lowest BCUT2D eigenvalue weighted by molar-refractivity contribution is 0.284. The number of ether oxygens (including phenoxy) is 5. The fourth-order valence-electron chi connectivity index (χ4n) is 2.86. The Morgan fingerprint density at radius 2 is 1.46 bits per heavy atom. The minimum atomic E-state index is 0.444. The normalized spacial score (nSPS) is 10.3. The second-order valence-electron chi connectivity index (χ2n) is 5.96. The zero-order valence-corrected chi connectivity index (χ0v) is 16.4. The van der Waals surface area contributed by atoms with Crippen molar-refractivity contribution in [2.45, 2.75) is 6.61 Å². The molecule has 3 aromatic carbocycles. The standard InChI is InChI=1S/C23H23O5/c1-24-19-11-10-17(12-20(19)28-15-16-8-6-5-7-9-16)18-13-21(25-2)23(27-4)22(14-18)26-3/h5-13H,15H2,1-4H3. The van der Waals surface area contributed by atoms with E-state index in [1.807, 2.05) is 54.6 Å². The molecule has 0 N–H and O–H groups in total. The van der Waals surface area contributed by atoms with Gasteiger partial charge in [-0.25, -0.2) is 0 Å². The van der Waals surface area contributed by atoms with Crippen molar-refractivity contribution in [2.24, 2.45) is 0 Å². The van der Waals surface area contributed by atoms with E-state index in [2.05, 4.69) is 6.07 Å². The maximum Gasteiger partial charge on any atom is 0.203 e. The Bertz CT molecular complexity index is 897. The van der Waals surface area contributed by atoms with E-state index in [9.17, 15) is 0 Å². The van der Waals surface area contributed by atoms with Crippen LogP contribution in [0.3, 0.4) is 0 Å². The molecule has 0 amide bonds. The van der Waals surface area contributed by atoms with Crippen molar-refractivity contribution in [1.29, 1.82) is 0 Å². The van der Waals surface area contributed by atoms with E-state index in [1.54, 1.807) is 28.4 Å². The van der Waals surface area contributed by atoms with E-state index >= 15 is 0 Å². The molecule has 0 atom stereocenters. The van der Waals surface area contributed by atoms with Crippen LogP contribution in [0.25, 0.3) is 11.1 Å². The zero-order valence-electron chi connectivity index (χ0n) is 16.4. The lowest BCUT2D eigenvalue weighted by atomic mass is 10.0. The van der Waals surface area contributed by atoms with Crippen LogP contribution in [-0.2, 0) is 6.61 Å². The van der Waals surface area contributed by atoms with E-state index < -0.39 is 0 Å². The average Bonchev–Trinajstić information content (AvgIpc) is 2.77. The molecule has 3 aromatic rings. The molecule has 28 heavy (non-hydrogen) atoms.